The van der Waals surface area contributed by atoms with E-state index in [0.29, 0.717) is 18.1 Å². The molecule has 0 spiro atoms. The molecule has 1 N–H and O–H groups in total. The zero-order chi connectivity index (χ0) is 12.5. The average molecular weight is 327 g/mol. The Morgan fingerprint density at radius 1 is 1.33 bits per heavy atom. The minimum Gasteiger partial charge on any atom is -0.348 e. The van der Waals surface area contributed by atoms with Crippen LogP contribution in [-0.4, -0.2) is 14.6 Å². The van der Waals surface area contributed by atoms with Crippen LogP contribution in [0.2, 0.25) is 0 Å². The normalized spacial score (nSPS) is 11.0. The number of nitrogens with zero attached hydrogens (tertiary/aromatic N) is 3. The van der Waals surface area contributed by atoms with E-state index in [1.54, 1.807) is 17.4 Å². The third kappa shape index (κ3) is 2.37. The number of aromatic nitrogens is 3. The maximum Gasteiger partial charge on any atom is 0.243 e. The van der Waals surface area contributed by atoms with Crippen molar-refractivity contribution in [2.75, 3.05) is 5.32 Å². The highest BCUT2D eigenvalue weighted by atomic mass is 79.9. The Balaban J connectivity index is 1.78. The monoisotopic (exact) mass is 326 g/mol. The van der Waals surface area contributed by atoms with Crippen LogP contribution in [-0.2, 0) is 6.54 Å². The van der Waals surface area contributed by atoms with Gasteiger partial charge >= 0.3 is 0 Å². The van der Waals surface area contributed by atoms with Crippen molar-refractivity contribution < 1.29 is 4.39 Å². The van der Waals surface area contributed by atoms with Gasteiger partial charge in [-0.2, -0.15) is 4.98 Å². The van der Waals surface area contributed by atoms with Crippen molar-refractivity contribution in [3.05, 3.63) is 44.9 Å². The molecule has 0 aromatic carbocycles. The van der Waals surface area contributed by atoms with Gasteiger partial charge < -0.3 is 5.32 Å². The Labute approximate surface area is 115 Å². The second-order valence-electron chi connectivity index (χ2n) is 3.64. The number of pyridine rings is 1. The molecule has 4 nitrogen and oxygen atoms in total. The van der Waals surface area contributed by atoms with Crippen LogP contribution in [0, 0.1) is 5.82 Å². The summed E-state index contributed by atoms with van der Waals surface area (Å²) in [6.07, 6.45) is 1.30. The SMILES string of the molecule is Fc1ccc2nc(NCc3ccc(Br)s3)nn2c1. The molecule has 0 bridgehead atoms. The molecule has 0 radical (unpaired) electrons. The Morgan fingerprint density at radius 3 is 3.00 bits per heavy atom. The van der Waals surface area contributed by atoms with E-state index in [2.05, 4.69) is 31.3 Å². The van der Waals surface area contributed by atoms with Crippen molar-refractivity contribution in [1.82, 2.24) is 14.6 Å². The largest absolute Gasteiger partial charge is 0.348 e. The van der Waals surface area contributed by atoms with E-state index in [1.165, 1.54) is 21.7 Å². The minimum absolute atomic E-state index is 0.332. The fourth-order valence-corrected chi connectivity index (χ4v) is 2.97. The molecule has 0 aliphatic carbocycles. The first-order valence-electron chi connectivity index (χ1n) is 5.21. The van der Waals surface area contributed by atoms with Crippen LogP contribution < -0.4 is 5.32 Å². The third-order valence-electron chi connectivity index (χ3n) is 2.34. The van der Waals surface area contributed by atoms with E-state index >= 15 is 0 Å². The summed E-state index contributed by atoms with van der Waals surface area (Å²) in [7, 11) is 0. The van der Waals surface area contributed by atoms with Crippen molar-refractivity contribution in [2.45, 2.75) is 6.54 Å². The van der Waals surface area contributed by atoms with Gasteiger partial charge in [-0.15, -0.1) is 16.4 Å². The molecule has 3 heterocycles. The van der Waals surface area contributed by atoms with Gasteiger partial charge in [0.1, 0.15) is 5.82 Å². The highest BCUT2D eigenvalue weighted by molar-refractivity contribution is 9.11. The number of hydrogen-bond donors (Lipinski definition) is 1. The van der Waals surface area contributed by atoms with Gasteiger partial charge in [0.2, 0.25) is 5.95 Å². The van der Waals surface area contributed by atoms with Crippen LogP contribution in [0.15, 0.2) is 34.2 Å². The Bertz CT molecular complexity index is 693. The summed E-state index contributed by atoms with van der Waals surface area (Å²) in [5.41, 5.74) is 0.617. The second-order valence-corrected chi connectivity index (χ2v) is 6.19. The topological polar surface area (TPSA) is 42.2 Å². The average Bonchev–Trinajstić information content (AvgIpc) is 2.92. The minimum atomic E-state index is -0.332. The van der Waals surface area contributed by atoms with E-state index in [1.807, 2.05) is 12.1 Å². The maximum atomic E-state index is 13.0. The predicted molar refractivity (Wildman–Crippen MR) is 72.3 cm³/mol. The number of nitrogens with one attached hydrogen (secondary N) is 1. The molecule has 0 unspecified atom stereocenters. The Kier molecular flexibility index (Phi) is 3.00. The van der Waals surface area contributed by atoms with Crippen molar-refractivity contribution in [2.24, 2.45) is 0 Å². The van der Waals surface area contributed by atoms with Crippen molar-refractivity contribution in [3.63, 3.8) is 0 Å². The molecule has 0 amide bonds. The molecule has 0 aliphatic rings. The number of hydrogen-bond acceptors (Lipinski definition) is 4. The van der Waals surface area contributed by atoms with E-state index in [9.17, 15) is 4.39 Å². The van der Waals surface area contributed by atoms with Gasteiger partial charge in [-0.05, 0) is 40.2 Å². The third-order valence-corrected chi connectivity index (χ3v) is 3.97. The van der Waals surface area contributed by atoms with Crippen LogP contribution in [0.4, 0.5) is 10.3 Å². The summed E-state index contributed by atoms with van der Waals surface area (Å²) in [6, 6.07) is 6.98. The van der Waals surface area contributed by atoms with Gasteiger partial charge in [-0.3, -0.25) is 0 Å². The molecule has 92 valence electrons. The lowest BCUT2D eigenvalue weighted by atomic mass is 10.5. The number of thiophene rings is 1. The number of rotatable bonds is 3. The summed E-state index contributed by atoms with van der Waals surface area (Å²) in [4.78, 5) is 5.42. The van der Waals surface area contributed by atoms with Crippen LogP contribution in [0.3, 0.4) is 0 Å². The lowest BCUT2D eigenvalue weighted by molar-refractivity contribution is 0.615. The van der Waals surface area contributed by atoms with E-state index in [0.717, 1.165) is 3.79 Å². The highest BCUT2D eigenvalue weighted by Crippen LogP contribution is 2.22. The first-order valence-corrected chi connectivity index (χ1v) is 6.82. The van der Waals surface area contributed by atoms with Crippen LogP contribution in [0.25, 0.3) is 5.65 Å². The molecule has 3 rings (SSSR count). The van der Waals surface area contributed by atoms with Gasteiger partial charge in [0.05, 0.1) is 16.5 Å². The van der Waals surface area contributed by atoms with E-state index in [4.69, 9.17) is 0 Å². The van der Waals surface area contributed by atoms with Crippen LogP contribution in [0.5, 0.6) is 0 Å². The van der Waals surface area contributed by atoms with E-state index < -0.39 is 0 Å². The molecule has 0 saturated heterocycles. The quantitative estimate of drug-likeness (QED) is 0.803. The maximum absolute atomic E-state index is 13.0. The molecule has 0 atom stereocenters. The second kappa shape index (κ2) is 4.66. The smallest absolute Gasteiger partial charge is 0.243 e. The highest BCUT2D eigenvalue weighted by Gasteiger charge is 2.04. The Morgan fingerprint density at radius 2 is 2.22 bits per heavy atom. The fraction of sp³-hybridized carbons (Fsp3) is 0.0909. The molecule has 0 saturated carbocycles. The van der Waals surface area contributed by atoms with Crippen molar-refractivity contribution in [3.8, 4) is 0 Å². The first kappa shape index (κ1) is 11.6. The summed E-state index contributed by atoms with van der Waals surface area (Å²) in [6.45, 7) is 0.648. The number of halogens is 2. The van der Waals surface area contributed by atoms with Crippen LogP contribution >= 0.6 is 27.3 Å². The summed E-state index contributed by atoms with van der Waals surface area (Å²) >= 11 is 5.06. The summed E-state index contributed by atoms with van der Waals surface area (Å²) < 4.78 is 15.5. The van der Waals surface area contributed by atoms with E-state index in [-0.39, 0.29) is 5.82 Å². The van der Waals surface area contributed by atoms with Crippen molar-refractivity contribution >= 4 is 38.9 Å². The van der Waals surface area contributed by atoms with Gasteiger partial charge in [0, 0.05) is 4.88 Å². The lowest BCUT2D eigenvalue weighted by Crippen LogP contribution is -1.99. The standard InChI is InChI=1S/C11H8BrFN4S/c12-9-3-2-8(18-9)5-14-11-15-10-4-1-7(13)6-17(10)16-11/h1-4,6H,5H2,(H,14,16). The molecular formula is C11H8BrFN4S. The van der Waals surface area contributed by atoms with Gasteiger partial charge in [0.25, 0.3) is 0 Å². The molecule has 3 aromatic heterocycles. The summed E-state index contributed by atoms with van der Waals surface area (Å²) in [5.74, 6) is 0.159. The molecule has 18 heavy (non-hydrogen) atoms. The lowest BCUT2D eigenvalue weighted by Gasteiger charge is -1.97. The van der Waals surface area contributed by atoms with Gasteiger partial charge in [0.15, 0.2) is 5.65 Å². The zero-order valence-corrected chi connectivity index (χ0v) is 11.5. The molecular weight excluding hydrogens is 319 g/mol. The fourth-order valence-electron chi connectivity index (χ4n) is 1.55. The van der Waals surface area contributed by atoms with Crippen molar-refractivity contribution in [1.29, 1.82) is 0 Å². The van der Waals surface area contributed by atoms with Gasteiger partial charge in [-0.25, -0.2) is 8.91 Å². The molecule has 7 heteroatoms. The Hall–Kier alpha value is -1.47. The number of fused-ring (bicyclic) bond motifs is 1. The van der Waals surface area contributed by atoms with Gasteiger partial charge in [-0.1, -0.05) is 0 Å². The summed E-state index contributed by atoms with van der Waals surface area (Å²) in [5, 5.41) is 7.25. The zero-order valence-electron chi connectivity index (χ0n) is 9.10. The molecule has 0 aliphatic heterocycles. The predicted octanol–water partition coefficient (Wildman–Crippen LogP) is 3.30. The molecule has 3 aromatic rings. The number of anilines is 1. The molecule has 0 fully saturated rings. The first-order chi connectivity index (χ1) is 8.70. The van der Waals surface area contributed by atoms with Crippen LogP contribution in [0.1, 0.15) is 4.88 Å².